The molecule has 2 aromatic carbocycles. The van der Waals surface area contributed by atoms with Crippen molar-refractivity contribution < 1.29 is 9.32 Å². The topological polar surface area (TPSA) is 80.0 Å². The van der Waals surface area contributed by atoms with Crippen LogP contribution >= 0.6 is 11.6 Å². The molecule has 3 aromatic rings. The number of amides is 2. The second-order valence-electron chi connectivity index (χ2n) is 5.76. The third-order valence-electron chi connectivity index (χ3n) is 3.32. The van der Waals surface area contributed by atoms with E-state index in [0.29, 0.717) is 22.4 Å². The van der Waals surface area contributed by atoms with Crippen LogP contribution in [0, 0.1) is 0 Å². The monoisotopic (exact) mass is 356 g/mol. The highest BCUT2D eigenvalue weighted by atomic mass is 35.5. The number of carbonyl (C=O) groups excluding carboxylic acids is 1. The van der Waals surface area contributed by atoms with Crippen molar-refractivity contribution in [2.45, 2.75) is 19.9 Å². The van der Waals surface area contributed by atoms with Gasteiger partial charge in [0.15, 0.2) is 0 Å². The van der Waals surface area contributed by atoms with Crippen LogP contribution in [0.15, 0.2) is 53.1 Å². The zero-order chi connectivity index (χ0) is 17.8. The zero-order valence-electron chi connectivity index (χ0n) is 13.8. The van der Waals surface area contributed by atoms with Crippen LogP contribution in [0.4, 0.5) is 10.5 Å². The molecule has 0 fully saturated rings. The molecule has 0 unspecified atom stereocenters. The van der Waals surface area contributed by atoms with Crippen molar-refractivity contribution in [3.05, 3.63) is 53.6 Å². The van der Waals surface area contributed by atoms with Crippen LogP contribution < -0.4 is 10.6 Å². The molecule has 0 aliphatic heterocycles. The average Bonchev–Trinajstić information content (AvgIpc) is 3.05. The summed E-state index contributed by atoms with van der Waals surface area (Å²) in [6.45, 7) is 3.80. The molecule has 3 rings (SSSR count). The van der Waals surface area contributed by atoms with Gasteiger partial charge in [0.25, 0.3) is 5.89 Å². The van der Waals surface area contributed by atoms with Crippen LogP contribution in [0.5, 0.6) is 0 Å². The highest BCUT2D eigenvalue weighted by Gasteiger charge is 2.11. The number of nitrogens with zero attached hydrogens (tertiary/aromatic N) is 2. The predicted molar refractivity (Wildman–Crippen MR) is 97.5 cm³/mol. The summed E-state index contributed by atoms with van der Waals surface area (Å²) in [7, 11) is 0. The number of benzene rings is 2. The Labute approximate surface area is 150 Å². The van der Waals surface area contributed by atoms with Crippen molar-refractivity contribution in [3.63, 3.8) is 0 Å². The summed E-state index contributed by atoms with van der Waals surface area (Å²) in [5, 5.41) is 10.1. The third kappa shape index (κ3) is 4.36. The fraction of sp³-hybridized carbons (Fsp3) is 0.167. The van der Waals surface area contributed by atoms with Gasteiger partial charge < -0.3 is 15.2 Å². The van der Waals surface area contributed by atoms with E-state index >= 15 is 0 Å². The van der Waals surface area contributed by atoms with Gasteiger partial charge in [0.1, 0.15) is 0 Å². The Balaban J connectivity index is 1.74. The molecule has 0 saturated heterocycles. The van der Waals surface area contributed by atoms with E-state index in [4.69, 9.17) is 16.1 Å². The number of nitrogens with one attached hydrogen (secondary N) is 2. The zero-order valence-corrected chi connectivity index (χ0v) is 14.5. The highest BCUT2D eigenvalue weighted by Crippen LogP contribution is 2.25. The van der Waals surface area contributed by atoms with Gasteiger partial charge in [-0.2, -0.15) is 4.98 Å². The molecule has 0 aliphatic rings. The molecule has 2 amide bonds. The van der Waals surface area contributed by atoms with Gasteiger partial charge >= 0.3 is 6.03 Å². The molecule has 0 radical (unpaired) electrons. The first-order valence-electron chi connectivity index (χ1n) is 7.79. The van der Waals surface area contributed by atoms with Gasteiger partial charge in [-0.05, 0) is 56.3 Å². The fourth-order valence-corrected chi connectivity index (χ4v) is 2.40. The number of hydrogen-bond donors (Lipinski definition) is 2. The lowest BCUT2D eigenvalue weighted by Crippen LogP contribution is -2.34. The second-order valence-corrected chi connectivity index (χ2v) is 6.20. The predicted octanol–water partition coefficient (Wildman–Crippen LogP) is 4.59. The van der Waals surface area contributed by atoms with Gasteiger partial charge in [0, 0.05) is 27.9 Å². The van der Waals surface area contributed by atoms with E-state index in [1.807, 2.05) is 38.1 Å². The summed E-state index contributed by atoms with van der Waals surface area (Å²) in [6, 6.07) is 14.2. The van der Waals surface area contributed by atoms with Crippen molar-refractivity contribution in [2.75, 3.05) is 5.32 Å². The van der Waals surface area contributed by atoms with Crippen LogP contribution in [0.1, 0.15) is 13.8 Å². The molecule has 0 atom stereocenters. The Morgan fingerprint density at radius 1 is 1.12 bits per heavy atom. The van der Waals surface area contributed by atoms with Gasteiger partial charge in [0.2, 0.25) is 5.82 Å². The van der Waals surface area contributed by atoms with Gasteiger partial charge in [-0.1, -0.05) is 22.8 Å². The van der Waals surface area contributed by atoms with E-state index in [1.54, 1.807) is 24.3 Å². The van der Waals surface area contributed by atoms with Crippen molar-refractivity contribution in [1.82, 2.24) is 15.5 Å². The first-order valence-corrected chi connectivity index (χ1v) is 8.16. The lowest BCUT2D eigenvalue weighted by molar-refractivity contribution is 0.250. The standard InChI is InChI=1S/C18H17ClN4O2/c1-11(2)20-18(24)21-15-8-6-12(7-9-15)16-22-17(25-23-16)13-4-3-5-14(19)10-13/h3-11H,1-2H3,(H2,20,21,24). The maximum Gasteiger partial charge on any atom is 0.319 e. The van der Waals surface area contributed by atoms with Gasteiger partial charge in [-0.15, -0.1) is 0 Å². The second kappa shape index (κ2) is 7.36. The third-order valence-corrected chi connectivity index (χ3v) is 3.55. The summed E-state index contributed by atoms with van der Waals surface area (Å²) in [5.41, 5.74) is 2.22. The highest BCUT2D eigenvalue weighted by molar-refractivity contribution is 6.30. The van der Waals surface area contributed by atoms with E-state index in [1.165, 1.54) is 0 Å². The van der Waals surface area contributed by atoms with E-state index in [9.17, 15) is 4.79 Å². The van der Waals surface area contributed by atoms with Crippen molar-refractivity contribution in [1.29, 1.82) is 0 Å². The minimum Gasteiger partial charge on any atom is -0.336 e. The van der Waals surface area contributed by atoms with Crippen LogP contribution in [-0.2, 0) is 0 Å². The van der Waals surface area contributed by atoms with Crippen LogP contribution in [0.3, 0.4) is 0 Å². The molecule has 25 heavy (non-hydrogen) atoms. The first kappa shape index (κ1) is 17.0. The molecular weight excluding hydrogens is 340 g/mol. The van der Waals surface area contributed by atoms with Gasteiger partial charge in [0.05, 0.1) is 0 Å². The Morgan fingerprint density at radius 3 is 2.56 bits per heavy atom. The number of anilines is 1. The summed E-state index contributed by atoms with van der Waals surface area (Å²) < 4.78 is 5.30. The minimum absolute atomic E-state index is 0.0727. The van der Waals surface area contributed by atoms with Crippen molar-refractivity contribution in [2.24, 2.45) is 0 Å². The number of halogens is 1. The molecule has 7 heteroatoms. The Morgan fingerprint density at radius 2 is 1.88 bits per heavy atom. The summed E-state index contributed by atoms with van der Waals surface area (Å²) in [4.78, 5) is 16.1. The Kier molecular flexibility index (Phi) is 5.00. The Hall–Kier alpha value is -2.86. The van der Waals surface area contributed by atoms with E-state index < -0.39 is 0 Å². The summed E-state index contributed by atoms with van der Waals surface area (Å²) in [5.74, 6) is 0.865. The molecule has 1 heterocycles. The maximum absolute atomic E-state index is 11.7. The van der Waals surface area contributed by atoms with Crippen LogP contribution in [-0.4, -0.2) is 22.2 Å². The quantitative estimate of drug-likeness (QED) is 0.716. The number of urea groups is 1. The SMILES string of the molecule is CC(C)NC(=O)Nc1ccc(-c2noc(-c3cccc(Cl)c3)n2)cc1. The maximum atomic E-state index is 11.7. The van der Waals surface area contributed by atoms with Crippen LogP contribution in [0.2, 0.25) is 5.02 Å². The molecule has 2 N–H and O–H groups in total. The van der Waals surface area contributed by atoms with Crippen molar-refractivity contribution >= 4 is 23.3 Å². The molecule has 0 bridgehead atoms. The lowest BCUT2D eigenvalue weighted by atomic mass is 10.2. The average molecular weight is 357 g/mol. The molecule has 0 aliphatic carbocycles. The fourth-order valence-electron chi connectivity index (χ4n) is 2.21. The molecule has 0 saturated carbocycles. The molecule has 0 spiro atoms. The molecule has 1 aromatic heterocycles. The van der Waals surface area contributed by atoms with E-state index in [2.05, 4.69) is 20.8 Å². The minimum atomic E-state index is -0.245. The van der Waals surface area contributed by atoms with E-state index in [0.717, 1.165) is 11.1 Å². The Bertz CT molecular complexity index is 875. The van der Waals surface area contributed by atoms with Gasteiger partial charge in [-0.3, -0.25) is 0 Å². The number of rotatable bonds is 4. The number of aromatic nitrogens is 2. The number of hydrogen-bond acceptors (Lipinski definition) is 4. The molecule has 6 nitrogen and oxygen atoms in total. The molecular formula is C18H17ClN4O2. The normalized spacial score (nSPS) is 10.7. The first-order chi connectivity index (χ1) is 12.0. The van der Waals surface area contributed by atoms with Crippen LogP contribution in [0.25, 0.3) is 22.8 Å². The number of carbonyl (C=O) groups is 1. The largest absolute Gasteiger partial charge is 0.336 e. The summed E-state index contributed by atoms with van der Waals surface area (Å²) in [6.07, 6.45) is 0. The van der Waals surface area contributed by atoms with Crippen molar-refractivity contribution in [3.8, 4) is 22.8 Å². The van der Waals surface area contributed by atoms with E-state index in [-0.39, 0.29) is 12.1 Å². The lowest BCUT2D eigenvalue weighted by Gasteiger charge is -2.10. The molecule has 128 valence electrons. The van der Waals surface area contributed by atoms with Gasteiger partial charge in [-0.25, -0.2) is 4.79 Å². The smallest absolute Gasteiger partial charge is 0.319 e. The summed E-state index contributed by atoms with van der Waals surface area (Å²) >= 11 is 5.98.